The predicted molar refractivity (Wildman–Crippen MR) is 133 cm³/mol. The number of nitrogens with one attached hydrogen (secondary N) is 1. The number of Topliss-reactive ketones (excluding diaryl/α,β-unsaturated/α-hetero) is 1. The fourth-order valence-corrected chi connectivity index (χ4v) is 6.09. The Kier molecular flexibility index (Phi) is 8.18. The minimum atomic E-state index is -0.536. The van der Waals surface area contributed by atoms with Gasteiger partial charge in [-0.1, -0.05) is 32.9 Å². The zero-order chi connectivity index (χ0) is 23.5. The standard InChI is InChI=1S/C27H39NO3S/c1-7-24-22-14-27(4,5)11-10-21(22)26(32-24)23(30)9-8-19-12-17(2)25(18(3)13-19)31-16-20(29)15-28-6/h12-13,20,28-29H,7-11,14-16H2,1-6H3. The Bertz CT molecular complexity index is 937. The van der Waals surface area contributed by atoms with Gasteiger partial charge in [0.25, 0.3) is 0 Å². The van der Waals surface area contributed by atoms with E-state index < -0.39 is 6.10 Å². The van der Waals surface area contributed by atoms with Crippen LogP contribution in [0, 0.1) is 19.3 Å². The SMILES string of the molecule is CCc1sc(C(=O)CCc2cc(C)c(OCC(O)CNC)c(C)c2)c2c1CC(C)(C)CC2. The molecular formula is C27H39NO3S. The Balaban J connectivity index is 1.69. The number of likely N-dealkylation sites (N-methyl/N-ethyl adjacent to an activating group) is 1. The van der Waals surface area contributed by atoms with Crippen LogP contribution in [0.4, 0.5) is 0 Å². The van der Waals surface area contributed by atoms with Crippen molar-refractivity contribution in [1.29, 1.82) is 0 Å². The molecule has 1 aromatic heterocycles. The topological polar surface area (TPSA) is 58.6 Å². The molecule has 2 N–H and O–H groups in total. The van der Waals surface area contributed by atoms with Crippen LogP contribution >= 0.6 is 11.3 Å². The molecule has 0 saturated heterocycles. The lowest BCUT2D eigenvalue weighted by molar-refractivity contribution is 0.0985. The molecule has 0 spiro atoms. The number of benzene rings is 1. The number of ketones is 1. The quantitative estimate of drug-likeness (QED) is 0.481. The van der Waals surface area contributed by atoms with E-state index >= 15 is 0 Å². The highest BCUT2D eigenvalue weighted by Gasteiger charge is 2.31. The molecule has 1 heterocycles. The van der Waals surface area contributed by atoms with Crippen LogP contribution in [0.1, 0.15) is 76.0 Å². The first kappa shape index (κ1) is 24.9. The van der Waals surface area contributed by atoms with E-state index in [1.807, 2.05) is 20.9 Å². The average Bonchev–Trinajstić information content (AvgIpc) is 3.08. The molecular weight excluding hydrogens is 418 g/mol. The zero-order valence-corrected chi connectivity index (χ0v) is 21.4. The molecule has 0 bridgehead atoms. The van der Waals surface area contributed by atoms with Crippen molar-refractivity contribution in [2.75, 3.05) is 20.2 Å². The van der Waals surface area contributed by atoms with E-state index in [1.54, 1.807) is 11.3 Å². The van der Waals surface area contributed by atoms with Crippen molar-refractivity contribution in [1.82, 2.24) is 5.32 Å². The number of ether oxygens (including phenoxy) is 1. The lowest BCUT2D eigenvalue weighted by Gasteiger charge is -2.30. The van der Waals surface area contributed by atoms with Crippen molar-refractivity contribution in [3.63, 3.8) is 0 Å². The van der Waals surface area contributed by atoms with E-state index in [2.05, 4.69) is 38.2 Å². The number of aryl methyl sites for hydroxylation is 4. The minimum Gasteiger partial charge on any atom is -0.490 e. The number of thiophene rings is 1. The van der Waals surface area contributed by atoms with Gasteiger partial charge in [0.2, 0.25) is 0 Å². The largest absolute Gasteiger partial charge is 0.490 e. The van der Waals surface area contributed by atoms with E-state index in [0.717, 1.165) is 53.9 Å². The summed E-state index contributed by atoms with van der Waals surface area (Å²) in [5, 5.41) is 12.9. The van der Waals surface area contributed by atoms with Gasteiger partial charge in [0.05, 0.1) is 4.88 Å². The summed E-state index contributed by atoms with van der Waals surface area (Å²) in [6.45, 7) is 11.7. The third kappa shape index (κ3) is 5.81. The monoisotopic (exact) mass is 457 g/mol. The van der Waals surface area contributed by atoms with Crippen molar-refractivity contribution in [2.45, 2.75) is 79.2 Å². The van der Waals surface area contributed by atoms with Crippen LogP contribution < -0.4 is 10.1 Å². The van der Waals surface area contributed by atoms with Crippen molar-refractivity contribution < 1.29 is 14.6 Å². The second kappa shape index (κ2) is 10.5. The van der Waals surface area contributed by atoms with Crippen molar-refractivity contribution >= 4 is 17.1 Å². The maximum absolute atomic E-state index is 13.2. The van der Waals surface area contributed by atoms with Gasteiger partial charge >= 0.3 is 0 Å². The molecule has 1 aromatic carbocycles. The smallest absolute Gasteiger partial charge is 0.173 e. The molecule has 0 radical (unpaired) electrons. The van der Waals surface area contributed by atoms with Gasteiger partial charge in [-0.3, -0.25) is 4.79 Å². The molecule has 2 aromatic rings. The number of hydrogen-bond donors (Lipinski definition) is 2. The number of aliphatic hydroxyl groups is 1. The second-order valence-electron chi connectivity index (χ2n) is 10.0. The number of fused-ring (bicyclic) bond motifs is 1. The summed E-state index contributed by atoms with van der Waals surface area (Å²) in [4.78, 5) is 15.6. The maximum atomic E-state index is 13.2. The summed E-state index contributed by atoms with van der Waals surface area (Å²) >= 11 is 1.74. The van der Waals surface area contributed by atoms with E-state index in [-0.39, 0.29) is 12.4 Å². The van der Waals surface area contributed by atoms with Gasteiger partial charge in [0.1, 0.15) is 18.5 Å². The summed E-state index contributed by atoms with van der Waals surface area (Å²) in [5.41, 5.74) is 6.40. The molecule has 4 nitrogen and oxygen atoms in total. The van der Waals surface area contributed by atoms with Crippen LogP contribution in [0.3, 0.4) is 0 Å². The number of carbonyl (C=O) groups is 1. The third-order valence-corrected chi connectivity index (χ3v) is 7.96. The highest BCUT2D eigenvalue weighted by Crippen LogP contribution is 2.42. The second-order valence-corrected chi connectivity index (χ2v) is 11.1. The van der Waals surface area contributed by atoms with Crippen LogP contribution in [0.15, 0.2) is 12.1 Å². The van der Waals surface area contributed by atoms with Gasteiger partial charge in [-0.25, -0.2) is 0 Å². The third-order valence-electron chi connectivity index (χ3n) is 6.50. The number of rotatable bonds is 10. The highest BCUT2D eigenvalue weighted by molar-refractivity contribution is 7.14. The van der Waals surface area contributed by atoms with Crippen molar-refractivity contribution in [3.8, 4) is 5.75 Å². The fraction of sp³-hybridized carbons (Fsp3) is 0.593. The first-order valence-electron chi connectivity index (χ1n) is 11.9. The highest BCUT2D eigenvalue weighted by atomic mass is 32.1. The number of hydrogen-bond acceptors (Lipinski definition) is 5. The van der Waals surface area contributed by atoms with E-state index in [4.69, 9.17) is 4.74 Å². The normalized spacial score (nSPS) is 16.0. The summed E-state index contributed by atoms with van der Waals surface area (Å²) < 4.78 is 5.87. The van der Waals surface area contributed by atoms with Gasteiger partial charge in [-0.15, -0.1) is 11.3 Å². The predicted octanol–water partition coefficient (Wildman–Crippen LogP) is 5.22. The molecule has 176 valence electrons. The van der Waals surface area contributed by atoms with Crippen LogP contribution in [-0.2, 0) is 25.7 Å². The Morgan fingerprint density at radius 2 is 1.94 bits per heavy atom. The summed E-state index contributed by atoms with van der Waals surface area (Å²) in [5.74, 6) is 1.12. The fourth-order valence-electron chi connectivity index (χ4n) is 4.82. The Morgan fingerprint density at radius 1 is 1.25 bits per heavy atom. The van der Waals surface area contributed by atoms with Crippen molar-refractivity contribution in [2.24, 2.45) is 5.41 Å². The summed E-state index contributed by atoms with van der Waals surface area (Å²) in [6, 6.07) is 4.23. The van der Waals surface area contributed by atoms with Crippen LogP contribution in [0.25, 0.3) is 0 Å². The molecule has 3 rings (SSSR count). The molecule has 1 aliphatic carbocycles. The first-order chi connectivity index (χ1) is 15.1. The van der Waals surface area contributed by atoms with E-state index in [1.165, 1.54) is 21.6 Å². The molecule has 0 fully saturated rings. The van der Waals surface area contributed by atoms with Crippen LogP contribution in [0.2, 0.25) is 0 Å². The zero-order valence-electron chi connectivity index (χ0n) is 20.6. The number of carbonyl (C=O) groups excluding carboxylic acids is 1. The van der Waals surface area contributed by atoms with Gasteiger partial charge in [-0.2, -0.15) is 0 Å². The molecule has 0 aliphatic heterocycles. The molecule has 32 heavy (non-hydrogen) atoms. The Morgan fingerprint density at radius 3 is 2.56 bits per heavy atom. The lowest BCUT2D eigenvalue weighted by atomic mass is 9.74. The van der Waals surface area contributed by atoms with Crippen LogP contribution in [-0.4, -0.2) is 37.2 Å². The van der Waals surface area contributed by atoms with Gasteiger partial charge in [0, 0.05) is 17.8 Å². The van der Waals surface area contributed by atoms with E-state index in [9.17, 15) is 9.90 Å². The molecule has 1 atom stereocenters. The van der Waals surface area contributed by atoms with Crippen LogP contribution in [0.5, 0.6) is 5.75 Å². The van der Waals surface area contributed by atoms with Gasteiger partial charge in [0.15, 0.2) is 5.78 Å². The molecule has 1 aliphatic rings. The van der Waals surface area contributed by atoms with E-state index in [0.29, 0.717) is 18.4 Å². The number of aliphatic hydroxyl groups excluding tert-OH is 1. The van der Waals surface area contributed by atoms with Gasteiger partial charge < -0.3 is 15.2 Å². The van der Waals surface area contributed by atoms with Gasteiger partial charge in [-0.05, 0) is 86.2 Å². The summed E-state index contributed by atoms with van der Waals surface area (Å²) in [7, 11) is 1.81. The average molecular weight is 458 g/mol. The minimum absolute atomic E-state index is 0.264. The summed E-state index contributed by atoms with van der Waals surface area (Å²) in [6.07, 6.45) is 5.04. The Labute approximate surface area is 197 Å². The lowest BCUT2D eigenvalue weighted by Crippen LogP contribution is -2.29. The van der Waals surface area contributed by atoms with Crippen molar-refractivity contribution in [3.05, 3.63) is 49.7 Å². The molecule has 0 amide bonds. The first-order valence-corrected chi connectivity index (χ1v) is 12.7. The molecule has 5 heteroatoms. The Hall–Kier alpha value is -1.69. The maximum Gasteiger partial charge on any atom is 0.173 e. The molecule has 1 unspecified atom stereocenters. The molecule has 0 saturated carbocycles.